The number of likely N-dealkylation sites (tertiary alicyclic amines) is 1. The van der Waals surface area contributed by atoms with E-state index in [1.807, 2.05) is 6.92 Å². The first kappa shape index (κ1) is 18.0. The van der Waals surface area contributed by atoms with Crippen LogP contribution < -0.4 is 5.32 Å². The van der Waals surface area contributed by atoms with Gasteiger partial charge in [-0.1, -0.05) is 18.6 Å². The first-order valence-electron chi connectivity index (χ1n) is 9.24. The number of amides is 1. The van der Waals surface area contributed by atoms with E-state index in [2.05, 4.69) is 41.2 Å². The standard InChI is InChI=1S/C20H29N3O2/c1-13-7-8-14(2)18-17(13)15(3)19(22-18)20(25)21-9-11-23-10-5-4-6-16(23)12-24/h7-8,16,22,24H,4-6,9-12H2,1-3H3,(H,21,25)/t16-/m0/s1. The summed E-state index contributed by atoms with van der Waals surface area (Å²) in [6, 6.07) is 4.43. The van der Waals surface area contributed by atoms with Gasteiger partial charge in [-0.3, -0.25) is 9.69 Å². The van der Waals surface area contributed by atoms with Gasteiger partial charge >= 0.3 is 0 Å². The van der Waals surface area contributed by atoms with E-state index in [-0.39, 0.29) is 18.6 Å². The van der Waals surface area contributed by atoms with Crippen molar-refractivity contribution in [1.29, 1.82) is 0 Å². The molecular weight excluding hydrogens is 314 g/mol. The van der Waals surface area contributed by atoms with Crippen molar-refractivity contribution < 1.29 is 9.90 Å². The minimum absolute atomic E-state index is 0.0509. The predicted octanol–water partition coefficient (Wildman–Crippen LogP) is 2.67. The molecular formula is C20H29N3O2. The van der Waals surface area contributed by atoms with Crippen LogP contribution in [0, 0.1) is 20.8 Å². The van der Waals surface area contributed by atoms with Crippen LogP contribution in [-0.2, 0) is 0 Å². The number of aliphatic hydroxyl groups is 1. The van der Waals surface area contributed by atoms with Crippen LogP contribution in [0.25, 0.3) is 10.9 Å². The molecule has 0 saturated carbocycles. The lowest BCUT2D eigenvalue weighted by atomic mass is 10.0. The molecule has 1 aliphatic rings. The fourth-order valence-corrected chi connectivity index (χ4v) is 3.99. The summed E-state index contributed by atoms with van der Waals surface area (Å²) < 4.78 is 0. The van der Waals surface area contributed by atoms with Crippen LogP contribution in [0.15, 0.2) is 12.1 Å². The zero-order chi connectivity index (χ0) is 18.0. The Morgan fingerprint density at radius 3 is 2.76 bits per heavy atom. The molecule has 0 aliphatic carbocycles. The van der Waals surface area contributed by atoms with Gasteiger partial charge in [-0.2, -0.15) is 0 Å². The first-order valence-corrected chi connectivity index (χ1v) is 9.24. The molecule has 3 rings (SSSR count). The minimum atomic E-state index is -0.0509. The molecule has 25 heavy (non-hydrogen) atoms. The number of carbonyl (C=O) groups excluding carboxylic acids is 1. The van der Waals surface area contributed by atoms with Gasteiger partial charge in [-0.15, -0.1) is 0 Å². The lowest BCUT2D eigenvalue weighted by Gasteiger charge is -2.34. The van der Waals surface area contributed by atoms with Gasteiger partial charge in [0.05, 0.1) is 6.61 Å². The number of H-pyrrole nitrogens is 1. The van der Waals surface area contributed by atoms with E-state index in [1.165, 1.54) is 18.4 Å². The van der Waals surface area contributed by atoms with E-state index in [4.69, 9.17) is 0 Å². The Kier molecular flexibility index (Phi) is 5.45. The maximum Gasteiger partial charge on any atom is 0.268 e. The lowest BCUT2D eigenvalue weighted by molar-refractivity contribution is 0.0847. The second kappa shape index (κ2) is 7.58. The highest BCUT2D eigenvalue weighted by Gasteiger charge is 2.22. The van der Waals surface area contributed by atoms with Crippen LogP contribution in [0.5, 0.6) is 0 Å². The molecule has 2 heterocycles. The van der Waals surface area contributed by atoms with Crippen LogP contribution in [0.4, 0.5) is 0 Å². The normalized spacial score (nSPS) is 18.6. The molecule has 0 radical (unpaired) electrons. The molecule has 1 saturated heterocycles. The number of piperidine rings is 1. The second-order valence-corrected chi connectivity index (χ2v) is 7.20. The van der Waals surface area contributed by atoms with Gasteiger partial charge in [0, 0.05) is 30.0 Å². The second-order valence-electron chi connectivity index (χ2n) is 7.20. The van der Waals surface area contributed by atoms with E-state index in [1.54, 1.807) is 0 Å². The highest BCUT2D eigenvalue weighted by atomic mass is 16.3. The number of aliphatic hydroxyl groups excluding tert-OH is 1. The third kappa shape index (κ3) is 3.58. The Morgan fingerprint density at radius 2 is 2.04 bits per heavy atom. The average Bonchev–Trinajstić information content (AvgIpc) is 2.97. The van der Waals surface area contributed by atoms with Crippen molar-refractivity contribution in [3.05, 3.63) is 34.5 Å². The molecule has 3 N–H and O–H groups in total. The van der Waals surface area contributed by atoms with E-state index in [9.17, 15) is 9.90 Å². The topological polar surface area (TPSA) is 68.4 Å². The number of aromatic nitrogens is 1. The van der Waals surface area contributed by atoms with Gasteiger partial charge in [-0.25, -0.2) is 0 Å². The number of nitrogens with zero attached hydrogens (tertiary/aromatic N) is 1. The summed E-state index contributed by atoms with van der Waals surface area (Å²) in [6.45, 7) is 8.74. The number of benzene rings is 1. The summed E-state index contributed by atoms with van der Waals surface area (Å²) in [5.41, 5.74) is 5.07. The van der Waals surface area contributed by atoms with Crippen LogP contribution in [-0.4, -0.2) is 53.2 Å². The van der Waals surface area contributed by atoms with Crippen LogP contribution in [0.1, 0.15) is 46.4 Å². The number of carbonyl (C=O) groups is 1. The fourth-order valence-electron chi connectivity index (χ4n) is 3.99. The predicted molar refractivity (Wildman–Crippen MR) is 101 cm³/mol. The summed E-state index contributed by atoms with van der Waals surface area (Å²) in [6.07, 6.45) is 3.40. The van der Waals surface area contributed by atoms with Gasteiger partial charge in [0.15, 0.2) is 0 Å². The average molecular weight is 343 g/mol. The molecule has 0 bridgehead atoms. The van der Waals surface area contributed by atoms with E-state index in [0.29, 0.717) is 12.2 Å². The number of hydrogen-bond acceptors (Lipinski definition) is 3. The van der Waals surface area contributed by atoms with Crippen molar-refractivity contribution in [3.63, 3.8) is 0 Å². The Balaban J connectivity index is 1.67. The van der Waals surface area contributed by atoms with E-state index < -0.39 is 0 Å². The molecule has 1 fully saturated rings. The van der Waals surface area contributed by atoms with Crippen molar-refractivity contribution in [2.45, 2.75) is 46.1 Å². The van der Waals surface area contributed by atoms with Crippen molar-refractivity contribution in [2.75, 3.05) is 26.2 Å². The highest BCUT2D eigenvalue weighted by Crippen LogP contribution is 2.27. The first-order chi connectivity index (χ1) is 12.0. The van der Waals surface area contributed by atoms with Crippen molar-refractivity contribution in [3.8, 4) is 0 Å². The Labute approximate surface area is 149 Å². The number of nitrogens with one attached hydrogen (secondary N) is 2. The Bertz CT molecular complexity index is 766. The molecule has 136 valence electrons. The molecule has 2 aromatic rings. The van der Waals surface area contributed by atoms with Crippen LogP contribution >= 0.6 is 0 Å². The summed E-state index contributed by atoms with van der Waals surface area (Å²) in [5.74, 6) is -0.0509. The van der Waals surface area contributed by atoms with Crippen LogP contribution in [0.2, 0.25) is 0 Å². The summed E-state index contributed by atoms with van der Waals surface area (Å²) >= 11 is 0. The summed E-state index contributed by atoms with van der Waals surface area (Å²) in [4.78, 5) is 18.2. The molecule has 5 heteroatoms. The lowest BCUT2D eigenvalue weighted by Crippen LogP contribution is -2.45. The molecule has 1 aromatic carbocycles. The molecule has 1 amide bonds. The number of aromatic amines is 1. The largest absolute Gasteiger partial charge is 0.395 e. The van der Waals surface area contributed by atoms with Gasteiger partial charge in [-0.05, 0) is 56.8 Å². The number of fused-ring (bicyclic) bond motifs is 1. The van der Waals surface area contributed by atoms with E-state index in [0.717, 1.165) is 41.5 Å². The fraction of sp³-hybridized carbons (Fsp3) is 0.550. The number of hydrogen-bond donors (Lipinski definition) is 3. The molecule has 0 spiro atoms. The van der Waals surface area contributed by atoms with Crippen molar-refractivity contribution >= 4 is 16.8 Å². The third-order valence-corrected chi connectivity index (χ3v) is 5.49. The van der Waals surface area contributed by atoms with Crippen molar-refractivity contribution in [2.24, 2.45) is 0 Å². The minimum Gasteiger partial charge on any atom is -0.395 e. The van der Waals surface area contributed by atoms with Gasteiger partial charge in [0.2, 0.25) is 0 Å². The molecule has 1 aliphatic heterocycles. The SMILES string of the molecule is Cc1ccc(C)c2c(C)c(C(=O)NCCN3CCCC[C@H]3CO)[nH]c12. The third-order valence-electron chi connectivity index (χ3n) is 5.49. The monoisotopic (exact) mass is 343 g/mol. The van der Waals surface area contributed by atoms with E-state index >= 15 is 0 Å². The van der Waals surface area contributed by atoms with Gasteiger partial charge in [0.25, 0.3) is 5.91 Å². The quantitative estimate of drug-likeness (QED) is 0.782. The molecule has 0 unspecified atom stereocenters. The maximum atomic E-state index is 12.6. The summed E-state index contributed by atoms with van der Waals surface area (Å²) in [5, 5.41) is 13.7. The number of aryl methyl sites for hydroxylation is 3. The molecule has 1 aromatic heterocycles. The summed E-state index contributed by atoms with van der Waals surface area (Å²) in [7, 11) is 0. The van der Waals surface area contributed by atoms with Crippen LogP contribution in [0.3, 0.4) is 0 Å². The van der Waals surface area contributed by atoms with Crippen molar-refractivity contribution in [1.82, 2.24) is 15.2 Å². The Hall–Kier alpha value is -1.85. The zero-order valence-corrected chi connectivity index (χ0v) is 15.5. The molecule has 1 atom stereocenters. The molecule has 5 nitrogen and oxygen atoms in total. The smallest absolute Gasteiger partial charge is 0.268 e. The van der Waals surface area contributed by atoms with Gasteiger partial charge in [0.1, 0.15) is 5.69 Å². The highest BCUT2D eigenvalue weighted by molar-refractivity contribution is 6.02. The zero-order valence-electron chi connectivity index (χ0n) is 15.5. The van der Waals surface area contributed by atoms with Gasteiger partial charge < -0.3 is 15.4 Å². The maximum absolute atomic E-state index is 12.6. The Morgan fingerprint density at radius 1 is 1.28 bits per heavy atom. The number of rotatable bonds is 5.